The quantitative estimate of drug-likeness (QED) is 0.663. The Bertz CT molecular complexity index is 165. The lowest BCUT2D eigenvalue weighted by molar-refractivity contribution is -0.118. The van der Waals surface area contributed by atoms with E-state index in [1.807, 2.05) is 32.8 Å². The monoisotopic (exact) mass is 217 g/mol. The van der Waals surface area contributed by atoms with E-state index in [0.29, 0.717) is 0 Å². The molecule has 0 radical (unpaired) electrons. The predicted molar refractivity (Wildman–Crippen MR) is 61.3 cm³/mol. The predicted octanol–water partition coefficient (Wildman–Crippen LogP) is 0.213. The van der Waals surface area contributed by atoms with E-state index in [2.05, 4.69) is 5.32 Å². The fourth-order valence-electron chi connectivity index (χ4n) is 0.364. The summed E-state index contributed by atoms with van der Waals surface area (Å²) in [5.74, 6) is -0.165. The molecule has 0 atom stereocenters. The van der Waals surface area contributed by atoms with Crippen molar-refractivity contribution in [2.75, 3.05) is 33.8 Å². The lowest BCUT2D eigenvalue weighted by Crippen LogP contribution is -2.19. The topological polar surface area (TPSA) is 76.4 Å². The summed E-state index contributed by atoms with van der Waals surface area (Å²) in [6.45, 7) is 6.50. The van der Waals surface area contributed by atoms with E-state index in [-0.39, 0.29) is 19.1 Å². The molecule has 0 fully saturated rings. The van der Waals surface area contributed by atoms with Gasteiger partial charge in [-0.05, 0) is 14.1 Å². The first kappa shape index (κ1) is 19.5. The van der Waals surface area contributed by atoms with Crippen LogP contribution in [0.25, 0.3) is 0 Å². The fourth-order valence-corrected chi connectivity index (χ4v) is 0.364. The number of rotatable bonds is 3. The summed E-state index contributed by atoms with van der Waals surface area (Å²) in [5, 5.41) is 18.3. The summed E-state index contributed by atoms with van der Waals surface area (Å²) in [7, 11) is 3.85. The zero-order valence-corrected chi connectivity index (χ0v) is 10.4. The van der Waals surface area contributed by atoms with E-state index < -0.39 is 0 Å². The molecule has 5 nitrogen and oxygen atoms in total. The van der Waals surface area contributed by atoms with Crippen molar-refractivity contribution in [2.24, 2.45) is 0 Å². The highest BCUT2D eigenvalue weighted by atomic mass is 16.3. The summed E-state index contributed by atoms with van der Waals surface area (Å²) in [4.78, 5) is 11.9. The number of carbonyl (C=O) groups excluding carboxylic acids is 1. The van der Waals surface area contributed by atoms with Crippen LogP contribution in [0.15, 0.2) is 0 Å². The number of hydrogen-bond donors (Lipinski definition) is 2. The lowest BCUT2D eigenvalue weighted by Gasteiger charge is -2.03. The molecule has 0 bridgehead atoms. The average molecular weight is 217 g/mol. The van der Waals surface area contributed by atoms with Gasteiger partial charge < -0.3 is 15.3 Å². The third kappa shape index (κ3) is 44.1. The van der Waals surface area contributed by atoms with Crippen LogP contribution in [0.1, 0.15) is 20.8 Å². The molecule has 0 spiro atoms. The number of aliphatic hydroxyl groups is 1. The Morgan fingerprint density at radius 2 is 1.93 bits per heavy atom. The van der Waals surface area contributed by atoms with E-state index in [0.717, 1.165) is 6.54 Å². The molecule has 0 rings (SSSR count). The van der Waals surface area contributed by atoms with Crippen LogP contribution in [0.2, 0.25) is 0 Å². The van der Waals surface area contributed by atoms with Crippen LogP contribution in [0.3, 0.4) is 0 Å². The van der Waals surface area contributed by atoms with Crippen molar-refractivity contribution in [3.63, 3.8) is 0 Å². The highest BCUT2D eigenvalue weighted by molar-refractivity contribution is 5.72. The van der Waals surface area contributed by atoms with Crippen molar-refractivity contribution < 1.29 is 9.90 Å². The third-order valence-corrected chi connectivity index (χ3v) is 0.964. The maximum Gasteiger partial charge on any atom is 0.217 e. The maximum absolute atomic E-state index is 9.94. The van der Waals surface area contributed by atoms with Crippen LogP contribution in [-0.2, 0) is 4.79 Å². The van der Waals surface area contributed by atoms with Gasteiger partial charge in [-0.2, -0.15) is 5.26 Å². The van der Waals surface area contributed by atoms with Crippen molar-refractivity contribution >= 4 is 5.91 Å². The summed E-state index contributed by atoms with van der Waals surface area (Å²) in [5.41, 5.74) is 0. The first-order valence-electron chi connectivity index (χ1n) is 4.91. The van der Waals surface area contributed by atoms with Gasteiger partial charge in [0.2, 0.25) is 5.91 Å². The van der Waals surface area contributed by atoms with E-state index >= 15 is 0 Å². The number of hydrogen-bond acceptors (Lipinski definition) is 4. The minimum atomic E-state index is -0.165. The van der Waals surface area contributed by atoms with E-state index in [1.54, 1.807) is 6.07 Å². The number of nitrogens with one attached hydrogen (secondary N) is 1. The molecule has 0 aliphatic carbocycles. The van der Waals surface area contributed by atoms with Crippen molar-refractivity contribution in [1.82, 2.24) is 10.2 Å². The largest absolute Gasteiger partial charge is 0.395 e. The Morgan fingerprint density at radius 1 is 1.47 bits per heavy atom. The minimum Gasteiger partial charge on any atom is -0.395 e. The summed E-state index contributed by atoms with van der Waals surface area (Å²) < 4.78 is 0. The van der Waals surface area contributed by atoms with Crippen molar-refractivity contribution in [3.8, 4) is 6.07 Å². The van der Waals surface area contributed by atoms with E-state index in [4.69, 9.17) is 10.4 Å². The molecule has 15 heavy (non-hydrogen) atoms. The van der Waals surface area contributed by atoms with Gasteiger partial charge in [-0.3, -0.25) is 4.79 Å². The van der Waals surface area contributed by atoms with Crippen LogP contribution in [0.5, 0.6) is 0 Å². The Balaban J connectivity index is -0.000000166. The summed E-state index contributed by atoms with van der Waals surface area (Å²) in [6.07, 6.45) is 0. The molecule has 90 valence electrons. The van der Waals surface area contributed by atoms with Crippen molar-refractivity contribution in [2.45, 2.75) is 20.8 Å². The second kappa shape index (κ2) is 18.6. The van der Waals surface area contributed by atoms with Crippen molar-refractivity contribution in [3.05, 3.63) is 0 Å². The normalized spacial score (nSPS) is 7.60. The smallest absolute Gasteiger partial charge is 0.217 e. The molecular weight excluding hydrogens is 194 g/mol. The Morgan fingerprint density at radius 3 is 2.00 bits per heavy atom. The summed E-state index contributed by atoms with van der Waals surface area (Å²) >= 11 is 0. The molecule has 0 saturated carbocycles. The molecule has 1 amide bonds. The second-order valence-corrected chi connectivity index (χ2v) is 2.59. The second-order valence-electron chi connectivity index (χ2n) is 2.59. The molecular formula is C10H23N3O2. The Kier molecular flexibility index (Phi) is 24.1. The minimum absolute atomic E-state index is 0.106. The van der Waals surface area contributed by atoms with Crippen LogP contribution in [0.4, 0.5) is 0 Å². The first-order chi connectivity index (χ1) is 7.04. The lowest BCUT2D eigenvalue weighted by atomic mass is 10.6. The van der Waals surface area contributed by atoms with E-state index in [1.165, 1.54) is 6.92 Å². The zero-order chi connectivity index (χ0) is 12.7. The molecule has 0 aliphatic heterocycles. The fraction of sp³-hybridized carbons (Fsp3) is 0.800. The number of carbonyl (C=O) groups is 1. The van der Waals surface area contributed by atoms with Gasteiger partial charge >= 0.3 is 0 Å². The Hall–Kier alpha value is -1.12. The van der Waals surface area contributed by atoms with Gasteiger partial charge in [-0.25, -0.2) is 0 Å². The van der Waals surface area contributed by atoms with Gasteiger partial charge in [0.1, 0.15) is 6.54 Å². The third-order valence-electron chi connectivity index (χ3n) is 0.964. The molecule has 0 unspecified atom stereocenters. The van der Waals surface area contributed by atoms with Gasteiger partial charge in [0.15, 0.2) is 0 Å². The molecule has 0 aromatic rings. The van der Waals surface area contributed by atoms with Gasteiger partial charge in [0.05, 0.1) is 12.7 Å². The standard InChI is InChI=1S/C4H6N2O.C4H11NO.C2H6/c1-4(7)6-3-2-5;1-5(2)3-4-6;1-2/h3H2,1H3,(H,6,7);6H,3-4H2,1-2H3;1-2H3. The van der Waals surface area contributed by atoms with Crippen molar-refractivity contribution in [1.29, 1.82) is 5.26 Å². The van der Waals surface area contributed by atoms with Crippen LogP contribution in [0, 0.1) is 11.3 Å². The Labute approximate surface area is 92.7 Å². The number of amides is 1. The van der Waals surface area contributed by atoms with Gasteiger partial charge in [-0.15, -0.1) is 0 Å². The van der Waals surface area contributed by atoms with Crippen LogP contribution >= 0.6 is 0 Å². The zero-order valence-electron chi connectivity index (χ0n) is 10.4. The number of aliphatic hydroxyl groups excluding tert-OH is 1. The van der Waals surface area contributed by atoms with Gasteiger partial charge in [0.25, 0.3) is 0 Å². The number of likely N-dealkylation sites (N-methyl/N-ethyl adjacent to an activating group) is 1. The molecule has 5 heteroatoms. The highest BCUT2D eigenvalue weighted by Crippen LogP contribution is 1.66. The van der Waals surface area contributed by atoms with Crippen LogP contribution < -0.4 is 5.32 Å². The molecule has 0 aromatic carbocycles. The summed E-state index contributed by atoms with van der Waals surface area (Å²) in [6, 6.07) is 1.77. The van der Waals surface area contributed by atoms with E-state index in [9.17, 15) is 4.79 Å². The first-order valence-corrected chi connectivity index (χ1v) is 4.91. The number of nitriles is 1. The molecule has 0 aromatic heterocycles. The van der Waals surface area contributed by atoms with Gasteiger partial charge in [0, 0.05) is 13.5 Å². The molecule has 0 aliphatic rings. The average Bonchev–Trinajstić information content (AvgIpc) is 2.18. The SMILES string of the molecule is CC.CC(=O)NCC#N.CN(C)CCO. The van der Waals surface area contributed by atoms with Crippen LogP contribution in [-0.4, -0.2) is 49.7 Å². The molecule has 0 saturated heterocycles. The van der Waals surface area contributed by atoms with Gasteiger partial charge in [-0.1, -0.05) is 13.8 Å². The highest BCUT2D eigenvalue weighted by Gasteiger charge is 1.82. The molecule has 2 N–H and O–H groups in total. The maximum atomic E-state index is 9.94. The molecule has 0 heterocycles. The number of nitrogens with zero attached hydrogens (tertiary/aromatic N) is 2.